The molecule has 6 nitrogen and oxygen atoms in total. The fourth-order valence-corrected chi connectivity index (χ4v) is 2.31. The number of benzene rings is 2. The Morgan fingerprint density at radius 2 is 1.54 bits per heavy atom. The van der Waals surface area contributed by atoms with Gasteiger partial charge in [-0.25, -0.2) is 4.79 Å². The molecule has 6 heteroatoms. The van der Waals surface area contributed by atoms with E-state index in [1.54, 1.807) is 24.3 Å². The van der Waals surface area contributed by atoms with Crippen molar-refractivity contribution in [3.8, 4) is 17.2 Å². The third kappa shape index (κ3) is 6.47. The second kappa shape index (κ2) is 9.46. The van der Waals surface area contributed by atoms with Gasteiger partial charge in [-0.1, -0.05) is 32.0 Å². The number of hydrogen-bond acceptors (Lipinski definition) is 4. The molecule has 2 rings (SSSR count). The van der Waals surface area contributed by atoms with E-state index >= 15 is 0 Å². The molecule has 0 heterocycles. The normalized spacial score (nSPS) is 11.7. The van der Waals surface area contributed by atoms with Crippen LogP contribution in [0.5, 0.6) is 17.2 Å². The molecule has 0 bridgehead atoms. The van der Waals surface area contributed by atoms with Gasteiger partial charge in [-0.15, -0.1) is 0 Å². The molecule has 0 aliphatic heterocycles. The van der Waals surface area contributed by atoms with Crippen molar-refractivity contribution in [2.24, 2.45) is 5.92 Å². The minimum Gasteiger partial charge on any atom is -0.484 e. The predicted molar refractivity (Wildman–Crippen MR) is 97.5 cm³/mol. The Hall–Kier alpha value is -3.02. The van der Waals surface area contributed by atoms with Crippen LogP contribution in [-0.4, -0.2) is 29.6 Å². The molecule has 2 N–H and O–H groups in total. The highest BCUT2D eigenvalue weighted by Crippen LogP contribution is 2.23. The lowest BCUT2D eigenvalue weighted by Gasteiger charge is -2.16. The fourth-order valence-electron chi connectivity index (χ4n) is 2.31. The number of ether oxygens (including phenoxy) is 2. The molecule has 2 aromatic rings. The van der Waals surface area contributed by atoms with Crippen LogP contribution in [0.15, 0.2) is 54.6 Å². The smallest absolute Gasteiger partial charge is 0.326 e. The molecule has 0 saturated heterocycles. The van der Waals surface area contributed by atoms with Crippen LogP contribution in [-0.2, 0) is 9.59 Å². The van der Waals surface area contributed by atoms with Crippen LogP contribution in [0, 0.1) is 5.92 Å². The molecule has 0 aliphatic carbocycles. The highest BCUT2D eigenvalue weighted by atomic mass is 16.5. The van der Waals surface area contributed by atoms with Gasteiger partial charge in [0.05, 0.1) is 0 Å². The number of rotatable bonds is 9. The van der Waals surface area contributed by atoms with Crippen LogP contribution < -0.4 is 14.8 Å². The van der Waals surface area contributed by atoms with Crippen LogP contribution in [0.2, 0.25) is 0 Å². The first kappa shape index (κ1) is 19.3. The highest BCUT2D eigenvalue weighted by Gasteiger charge is 2.21. The first-order valence-corrected chi connectivity index (χ1v) is 8.42. The van der Waals surface area contributed by atoms with Crippen LogP contribution in [0.3, 0.4) is 0 Å². The van der Waals surface area contributed by atoms with E-state index in [4.69, 9.17) is 14.6 Å². The van der Waals surface area contributed by atoms with Gasteiger partial charge in [-0.2, -0.15) is 0 Å². The third-order valence-electron chi connectivity index (χ3n) is 3.51. The Bertz CT molecular complexity index is 713. The maximum absolute atomic E-state index is 11.9. The lowest BCUT2D eigenvalue weighted by molar-refractivity contribution is -0.142. The van der Waals surface area contributed by atoms with Gasteiger partial charge in [0, 0.05) is 0 Å². The zero-order valence-electron chi connectivity index (χ0n) is 14.8. The fraction of sp³-hybridized carbons (Fsp3) is 0.300. The van der Waals surface area contributed by atoms with Crippen LogP contribution in [0.25, 0.3) is 0 Å². The molecular weight excluding hydrogens is 334 g/mol. The van der Waals surface area contributed by atoms with E-state index in [0.717, 1.165) is 5.75 Å². The summed E-state index contributed by atoms with van der Waals surface area (Å²) < 4.78 is 11.1. The Labute approximate surface area is 152 Å². The summed E-state index contributed by atoms with van der Waals surface area (Å²) in [7, 11) is 0. The van der Waals surface area contributed by atoms with Gasteiger partial charge >= 0.3 is 5.97 Å². The molecular formula is C20H23NO5. The largest absolute Gasteiger partial charge is 0.484 e. The zero-order chi connectivity index (χ0) is 18.9. The Kier molecular flexibility index (Phi) is 7.02. The number of carboxylic acid groups (broad SMARTS) is 1. The number of para-hydroxylation sites is 1. The summed E-state index contributed by atoms with van der Waals surface area (Å²) in [5, 5.41) is 11.6. The van der Waals surface area contributed by atoms with Crippen molar-refractivity contribution >= 4 is 11.9 Å². The lowest BCUT2D eigenvalue weighted by atomic mass is 10.0. The summed E-state index contributed by atoms with van der Waals surface area (Å²) in [5.41, 5.74) is 0. The van der Waals surface area contributed by atoms with Crippen molar-refractivity contribution in [2.45, 2.75) is 26.3 Å². The Morgan fingerprint density at radius 3 is 2.12 bits per heavy atom. The van der Waals surface area contributed by atoms with Gasteiger partial charge in [0.2, 0.25) is 0 Å². The lowest BCUT2D eigenvalue weighted by Crippen LogP contribution is -2.43. The number of aliphatic carboxylic acids is 1. The van der Waals surface area contributed by atoms with Crippen molar-refractivity contribution in [1.82, 2.24) is 5.32 Å². The first-order valence-electron chi connectivity index (χ1n) is 8.42. The monoisotopic (exact) mass is 357 g/mol. The molecule has 0 fully saturated rings. The molecule has 26 heavy (non-hydrogen) atoms. The maximum Gasteiger partial charge on any atom is 0.326 e. The van der Waals surface area contributed by atoms with E-state index < -0.39 is 17.9 Å². The first-order chi connectivity index (χ1) is 12.4. The third-order valence-corrected chi connectivity index (χ3v) is 3.51. The van der Waals surface area contributed by atoms with Crippen molar-refractivity contribution in [3.05, 3.63) is 54.6 Å². The van der Waals surface area contributed by atoms with Crippen molar-refractivity contribution in [3.63, 3.8) is 0 Å². The Morgan fingerprint density at radius 1 is 0.962 bits per heavy atom. The minimum atomic E-state index is -1.05. The standard InChI is InChI=1S/C20H23NO5/c1-14(2)12-18(20(23)24)21-19(22)13-25-15-8-10-17(11-9-15)26-16-6-4-3-5-7-16/h3-11,14,18H,12-13H2,1-2H3,(H,21,22)(H,23,24). The topological polar surface area (TPSA) is 84.9 Å². The average Bonchev–Trinajstić information content (AvgIpc) is 2.61. The van der Waals surface area contributed by atoms with Crippen LogP contribution >= 0.6 is 0 Å². The average molecular weight is 357 g/mol. The van der Waals surface area contributed by atoms with E-state index in [-0.39, 0.29) is 12.5 Å². The number of amides is 1. The Balaban J connectivity index is 1.83. The van der Waals surface area contributed by atoms with Gasteiger partial charge in [-0.05, 0) is 48.7 Å². The van der Waals surface area contributed by atoms with Gasteiger partial charge < -0.3 is 19.9 Å². The summed E-state index contributed by atoms with van der Waals surface area (Å²) in [4.78, 5) is 23.1. The van der Waals surface area contributed by atoms with E-state index in [0.29, 0.717) is 17.9 Å². The van der Waals surface area contributed by atoms with Gasteiger partial charge in [0.1, 0.15) is 23.3 Å². The molecule has 1 unspecified atom stereocenters. The zero-order valence-corrected chi connectivity index (χ0v) is 14.8. The number of carboxylic acids is 1. The summed E-state index contributed by atoms with van der Waals surface area (Å²) in [6.45, 7) is 3.55. The minimum absolute atomic E-state index is 0.162. The summed E-state index contributed by atoms with van der Waals surface area (Å²) in [6, 6.07) is 15.3. The molecule has 1 atom stereocenters. The molecule has 0 spiro atoms. The summed E-state index contributed by atoms with van der Waals surface area (Å²) >= 11 is 0. The second-order valence-corrected chi connectivity index (χ2v) is 6.26. The molecule has 2 aromatic carbocycles. The van der Waals surface area contributed by atoms with E-state index in [9.17, 15) is 9.59 Å². The van der Waals surface area contributed by atoms with Gasteiger partial charge in [0.15, 0.2) is 6.61 Å². The number of carbonyl (C=O) groups is 2. The molecule has 0 radical (unpaired) electrons. The van der Waals surface area contributed by atoms with E-state index in [1.807, 2.05) is 44.2 Å². The van der Waals surface area contributed by atoms with E-state index in [2.05, 4.69) is 5.32 Å². The van der Waals surface area contributed by atoms with Crippen molar-refractivity contribution in [1.29, 1.82) is 0 Å². The maximum atomic E-state index is 11.9. The quantitative estimate of drug-likeness (QED) is 0.718. The highest BCUT2D eigenvalue weighted by molar-refractivity contribution is 5.84. The molecule has 138 valence electrons. The van der Waals surface area contributed by atoms with Crippen LogP contribution in [0.1, 0.15) is 20.3 Å². The molecule has 0 aromatic heterocycles. The number of nitrogens with one attached hydrogen (secondary N) is 1. The van der Waals surface area contributed by atoms with E-state index in [1.165, 1.54) is 0 Å². The van der Waals surface area contributed by atoms with Crippen molar-refractivity contribution < 1.29 is 24.2 Å². The number of hydrogen-bond donors (Lipinski definition) is 2. The second-order valence-electron chi connectivity index (χ2n) is 6.26. The molecule has 0 aliphatic rings. The molecule has 0 saturated carbocycles. The molecule has 1 amide bonds. The summed E-state index contributed by atoms with van der Waals surface area (Å²) in [5.74, 6) is 0.518. The van der Waals surface area contributed by atoms with Crippen molar-refractivity contribution in [2.75, 3.05) is 6.61 Å². The predicted octanol–water partition coefficient (Wildman–Crippen LogP) is 3.47. The van der Waals surface area contributed by atoms with Gasteiger partial charge in [0.25, 0.3) is 5.91 Å². The van der Waals surface area contributed by atoms with Gasteiger partial charge in [-0.3, -0.25) is 4.79 Å². The summed E-state index contributed by atoms with van der Waals surface area (Å²) in [6.07, 6.45) is 0.368. The van der Waals surface area contributed by atoms with Crippen LogP contribution in [0.4, 0.5) is 0 Å². The SMILES string of the molecule is CC(C)CC(NC(=O)COc1ccc(Oc2ccccc2)cc1)C(=O)O. The number of carbonyl (C=O) groups excluding carboxylic acids is 1.